The molecule has 1 aliphatic carbocycles. The Labute approximate surface area is 121 Å². The zero-order valence-corrected chi connectivity index (χ0v) is 12.2. The Morgan fingerprint density at radius 2 is 1.95 bits per heavy atom. The summed E-state index contributed by atoms with van der Waals surface area (Å²) in [7, 11) is 0. The van der Waals surface area contributed by atoms with Crippen LogP contribution in [0.2, 0.25) is 0 Å². The number of halogens is 3. The third-order valence-corrected chi connectivity index (χ3v) is 3.79. The fourth-order valence-corrected chi connectivity index (χ4v) is 2.58. The molecular formula is C13H21F3N2O3. The number of hydrogen-bond acceptors (Lipinski definition) is 2. The molecule has 8 heteroatoms. The SMILES string of the molecule is CC1(C)CCCCC1NC(=O)N(CC(=O)O)CC(F)(F)F. The van der Waals surface area contributed by atoms with E-state index in [4.69, 9.17) is 5.11 Å². The zero-order valence-electron chi connectivity index (χ0n) is 12.2. The first-order chi connectivity index (χ1) is 9.51. The summed E-state index contributed by atoms with van der Waals surface area (Å²) < 4.78 is 37.3. The summed E-state index contributed by atoms with van der Waals surface area (Å²) in [6.07, 6.45) is -1.16. The van der Waals surface area contributed by atoms with Crippen molar-refractivity contribution in [3.05, 3.63) is 0 Å². The number of carbonyl (C=O) groups is 2. The summed E-state index contributed by atoms with van der Waals surface area (Å²) in [5.74, 6) is -1.47. The Morgan fingerprint density at radius 3 is 2.43 bits per heavy atom. The fraction of sp³-hybridized carbons (Fsp3) is 0.846. The van der Waals surface area contributed by atoms with Crippen molar-refractivity contribution in [2.75, 3.05) is 13.1 Å². The normalized spacial score (nSPS) is 21.7. The quantitative estimate of drug-likeness (QED) is 0.838. The van der Waals surface area contributed by atoms with Crippen LogP contribution in [0.25, 0.3) is 0 Å². The second-order valence-corrected chi connectivity index (χ2v) is 6.10. The molecule has 1 atom stereocenters. The van der Waals surface area contributed by atoms with Gasteiger partial charge < -0.3 is 15.3 Å². The summed E-state index contributed by atoms with van der Waals surface area (Å²) in [5.41, 5.74) is -0.207. The highest BCUT2D eigenvalue weighted by Crippen LogP contribution is 2.35. The summed E-state index contributed by atoms with van der Waals surface area (Å²) in [4.78, 5) is 22.9. The summed E-state index contributed by atoms with van der Waals surface area (Å²) in [6, 6.07) is -1.22. The van der Waals surface area contributed by atoms with E-state index in [9.17, 15) is 22.8 Å². The van der Waals surface area contributed by atoms with E-state index in [0.717, 1.165) is 19.3 Å². The van der Waals surface area contributed by atoms with Gasteiger partial charge in [0, 0.05) is 6.04 Å². The molecule has 5 nitrogen and oxygen atoms in total. The van der Waals surface area contributed by atoms with E-state index in [-0.39, 0.29) is 16.4 Å². The molecule has 0 aliphatic heterocycles. The average molecular weight is 310 g/mol. The van der Waals surface area contributed by atoms with Crippen molar-refractivity contribution < 1.29 is 27.9 Å². The molecule has 122 valence electrons. The molecule has 1 fully saturated rings. The van der Waals surface area contributed by atoms with Crippen molar-refractivity contribution in [1.29, 1.82) is 0 Å². The molecular weight excluding hydrogens is 289 g/mol. The van der Waals surface area contributed by atoms with Crippen molar-refractivity contribution in [3.8, 4) is 0 Å². The Kier molecular flexibility index (Phi) is 5.47. The van der Waals surface area contributed by atoms with Crippen LogP contribution >= 0.6 is 0 Å². The number of nitrogens with zero attached hydrogens (tertiary/aromatic N) is 1. The van der Waals surface area contributed by atoms with Gasteiger partial charge in [0.1, 0.15) is 13.1 Å². The molecule has 0 saturated heterocycles. The number of amides is 2. The number of carboxylic acid groups (broad SMARTS) is 1. The van der Waals surface area contributed by atoms with Crippen LogP contribution < -0.4 is 5.32 Å². The van der Waals surface area contributed by atoms with Crippen LogP contribution in [0.15, 0.2) is 0 Å². The van der Waals surface area contributed by atoms with Crippen LogP contribution in [-0.4, -0.2) is 47.3 Å². The lowest BCUT2D eigenvalue weighted by atomic mass is 9.73. The molecule has 2 N–H and O–H groups in total. The van der Waals surface area contributed by atoms with Gasteiger partial charge in [-0.3, -0.25) is 4.79 Å². The minimum atomic E-state index is -4.63. The third-order valence-electron chi connectivity index (χ3n) is 3.79. The maximum Gasteiger partial charge on any atom is 0.406 e. The van der Waals surface area contributed by atoms with Gasteiger partial charge in [0.2, 0.25) is 0 Å². The number of rotatable bonds is 4. The Bertz CT molecular complexity index is 397. The Hall–Kier alpha value is -1.47. The lowest BCUT2D eigenvalue weighted by Gasteiger charge is -2.40. The topological polar surface area (TPSA) is 69.6 Å². The summed E-state index contributed by atoms with van der Waals surface area (Å²) in [5, 5.41) is 11.2. The highest BCUT2D eigenvalue weighted by atomic mass is 19.4. The molecule has 1 saturated carbocycles. The number of carboxylic acids is 1. The second kappa shape index (κ2) is 6.53. The van der Waals surface area contributed by atoms with Gasteiger partial charge in [0.25, 0.3) is 0 Å². The predicted molar refractivity (Wildman–Crippen MR) is 69.8 cm³/mol. The number of aliphatic carboxylic acids is 1. The van der Waals surface area contributed by atoms with Crippen LogP contribution in [0.4, 0.5) is 18.0 Å². The van der Waals surface area contributed by atoms with Gasteiger partial charge in [-0.2, -0.15) is 13.2 Å². The average Bonchev–Trinajstić information content (AvgIpc) is 2.28. The van der Waals surface area contributed by atoms with Crippen LogP contribution in [0, 0.1) is 5.41 Å². The second-order valence-electron chi connectivity index (χ2n) is 6.10. The molecule has 1 rings (SSSR count). The number of nitrogens with one attached hydrogen (secondary N) is 1. The lowest BCUT2D eigenvalue weighted by Crippen LogP contribution is -2.54. The van der Waals surface area contributed by atoms with Gasteiger partial charge in [-0.05, 0) is 18.3 Å². The van der Waals surface area contributed by atoms with Crippen molar-refractivity contribution in [3.63, 3.8) is 0 Å². The molecule has 0 heterocycles. The van der Waals surface area contributed by atoms with E-state index in [0.29, 0.717) is 6.42 Å². The monoisotopic (exact) mass is 310 g/mol. The smallest absolute Gasteiger partial charge is 0.406 e. The Balaban J connectivity index is 2.73. The highest BCUT2D eigenvalue weighted by Gasteiger charge is 2.37. The van der Waals surface area contributed by atoms with E-state index < -0.39 is 31.3 Å². The predicted octanol–water partition coefficient (Wildman–Crippen LogP) is 2.61. The van der Waals surface area contributed by atoms with E-state index in [1.165, 1.54) is 0 Å². The maximum atomic E-state index is 12.4. The van der Waals surface area contributed by atoms with E-state index in [1.54, 1.807) is 0 Å². The third kappa shape index (κ3) is 5.81. The standard InChI is InChI=1S/C13H21F3N2O3/c1-12(2)6-4-3-5-9(12)17-11(21)18(7-10(19)20)8-13(14,15)16/h9H,3-8H2,1-2H3,(H,17,21)(H,19,20). The molecule has 0 aromatic rings. The van der Waals surface area contributed by atoms with Crippen molar-refractivity contribution >= 4 is 12.0 Å². The maximum absolute atomic E-state index is 12.4. The van der Waals surface area contributed by atoms with E-state index in [2.05, 4.69) is 5.32 Å². The van der Waals surface area contributed by atoms with Crippen LogP contribution in [0.3, 0.4) is 0 Å². The van der Waals surface area contributed by atoms with Crippen molar-refractivity contribution in [2.45, 2.75) is 51.7 Å². The van der Waals surface area contributed by atoms with E-state index in [1.807, 2.05) is 13.8 Å². The molecule has 0 spiro atoms. The molecule has 0 bridgehead atoms. The lowest BCUT2D eigenvalue weighted by molar-refractivity contribution is -0.149. The molecule has 1 unspecified atom stereocenters. The summed E-state index contributed by atoms with van der Waals surface area (Å²) in [6.45, 7) is 1.35. The van der Waals surface area contributed by atoms with Crippen molar-refractivity contribution in [2.24, 2.45) is 5.41 Å². The number of alkyl halides is 3. The molecule has 0 aromatic heterocycles. The molecule has 21 heavy (non-hydrogen) atoms. The number of urea groups is 1. The first-order valence-electron chi connectivity index (χ1n) is 6.85. The van der Waals surface area contributed by atoms with Crippen molar-refractivity contribution in [1.82, 2.24) is 10.2 Å². The van der Waals surface area contributed by atoms with Gasteiger partial charge in [-0.1, -0.05) is 26.7 Å². The minimum absolute atomic E-state index is 0.207. The summed E-state index contributed by atoms with van der Waals surface area (Å²) >= 11 is 0. The largest absolute Gasteiger partial charge is 0.480 e. The number of carbonyl (C=O) groups excluding carboxylic acids is 1. The Morgan fingerprint density at radius 1 is 1.33 bits per heavy atom. The van der Waals surface area contributed by atoms with E-state index >= 15 is 0 Å². The minimum Gasteiger partial charge on any atom is -0.480 e. The number of hydrogen-bond donors (Lipinski definition) is 2. The molecule has 0 aromatic carbocycles. The molecule has 0 radical (unpaired) electrons. The molecule has 2 amide bonds. The van der Waals surface area contributed by atoms with Crippen LogP contribution in [-0.2, 0) is 4.79 Å². The zero-order chi connectivity index (χ0) is 16.3. The van der Waals surface area contributed by atoms with Gasteiger partial charge in [0.05, 0.1) is 0 Å². The van der Waals surface area contributed by atoms with Gasteiger partial charge in [0.15, 0.2) is 0 Å². The highest BCUT2D eigenvalue weighted by molar-refractivity contribution is 5.80. The van der Waals surface area contributed by atoms with Gasteiger partial charge in [-0.15, -0.1) is 0 Å². The first kappa shape index (κ1) is 17.6. The van der Waals surface area contributed by atoms with Crippen LogP contribution in [0.5, 0.6) is 0 Å². The van der Waals surface area contributed by atoms with Gasteiger partial charge >= 0.3 is 18.2 Å². The molecule has 1 aliphatic rings. The fourth-order valence-electron chi connectivity index (χ4n) is 2.58. The van der Waals surface area contributed by atoms with Gasteiger partial charge in [-0.25, -0.2) is 4.79 Å². The van der Waals surface area contributed by atoms with Crippen LogP contribution in [0.1, 0.15) is 39.5 Å². The first-order valence-corrected chi connectivity index (χ1v) is 6.85.